The number of hydrogen-bond donors (Lipinski definition) is 1. The SMILES string of the molecule is CC1=CC(OCc2ncc(F)cc2F)=C(Cl)C(=O)[N+]1([O-])c1cc(-c2ccnc(CC3(O)CC3)n2)ncc1C. The molecule has 0 aromatic carbocycles. The molecule has 0 saturated heterocycles. The van der Waals surface area contributed by atoms with E-state index in [-0.39, 0.29) is 22.8 Å². The smallest absolute Gasteiger partial charge is 0.370 e. The maximum absolute atomic E-state index is 14.1. The van der Waals surface area contributed by atoms with E-state index in [9.17, 15) is 23.9 Å². The summed E-state index contributed by atoms with van der Waals surface area (Å²) in [5.41, 5.74) is 0.363. The fourth-order valence-electron chi connectivity index (χ4n) is 4.08. The van der Waals surface area contributed by atoms with Crippen molar-refractivity contribution in [2.24, 2.45) is 0 Å². The number of hydrogen-bond acceptors (Lipinski definition) is 8. The molecule has 1 atom stereocenters. The molecule has 1 saturated carbocycles. The Labute approximate surface area is 221 Å². The zero-order valence-corrected chi connectivity index (χ0v) is 21.2. The van der Waals surface area contributed by atoms with Gasteiger partial charge in [-0.1, -0.05) is 11.6 Å². The second-order valence-corrected chi connectivity index (χ2v) is 9.74. The summed E-state index contributed by atoms with van der Waals surface area (Å²) in [6.07, 6.45) is 6.83. The third kappa shape index (κ3) is 4.81. The first-order chi connectivity index (χ1) is 18.0. The van der Waals surface area contributed by atoms with Gasteiger partial charge in [0.1, 0.15) is 29.6 Å². The van der Waals surface area contributed by atoms with Crippen LogP contribution in [0.25, 0.3) is 11.4 Å². The molecule has 1 aliphatic carbocycles. The van der Waals surface area contributed by atoms with Gasteiger partial charge in [0, 0.05) is 49.5 Å². The molecule has 3 aromatic rings. The Bertz CT molecular complexity index is 1520. The molecule has 0 radical (unpaired) electrons. The van der Waals surface area contributed by atoms with Crippen molar-refractivity contribution < 1.29 is 23.4 Å². The van der Waals surface area contributed by atoms with Gasteiger partial charge in [0.05, 0.1) is 23.2 Å². The molecule has 5 rings (SSSR count). The molecule has 1 fully saturated rings. The molecule has 4 heterocycles. The molecule has 3 aromatic heterocycles. The quantitative estimate of drug-likeness (QED) is 0.343. The van der Waals surface area contributed by atoms with E-state index in [1.807, 2.05) is 0 Å². The molecular weight excluding hydrogens is 520 g/mol. The van der Waals surface area contributed by atoms with E-state index in [1.54, 1.807) is 19.2 Å². The van der Waals surface area contributed by atoms with Gasteiger partial charge < -0.3 is 15.1 Å². The van der Waals surface area contributed by atoms with Crippen molar-refractivity contribution in [3.8, 4) is 11.4 Å². The number of carbonyl (C=O) groups is 1. The third-order valence-corrected chi connectivity index (χ3v) is 6.82. The van der Waals surface area contributed by atoms with Gasteiger partial charge >= 0.3 is 5.91 Å². The molecule has 1 N–H and O–H groups in total. The summed E-state index contributed by atoms with van der Waals surface area (Å²) in [4.78, 5) is 30.1. The number of aliphatic hydroxyl groups is 1. The molecule has 1 aliphatic heterocycles. The number of carbonyl (C=O) groups excluding carboxylic acids is 1. The Balaban J connectivity index is 1.44. The van der Waals surface area contributed by atoms with Crippen LogP contribution in [0.5, 0.6) is 0 Å². The zero-order chi connectivity index (χ0) is 27.2. The highest BCUT2D eigenvalue weighted by molar-refractivity contribution is 6.44. The maximum Gasteiger partial charge on any atom is 0.370 e. The van der Waals surface area contributed by atoms with E-state index < -0.39 is 39.4 Å². The van der Waals surface area contributed by atoms with Crippen molar-refractivity contribution >= 4 is 23.2 Å². The van der Waals surface area contributed by atoms with Crippen LogP contribution in [0.4, 0.5) is 14.5 Å². The molecule has 1 amide bonds. The normalized spacial score (nSPS) is 20.4. The Morgan fingerprint density at radius 3 is 2.63 bits per heavy atom. The number of hydroxylamine groups is 2. The zero-order valence-electron chi connectivity index (χ0n) is 20.4. The summed E-state index contributed by atoms with van der Waals surface area (Å²) in [5, 5.41) is 23.8. The summed E-state index contributed by atoms with van der Waals surface area (Å²) < 4.78 is 31.0. The lowest BCUT2D eigenvalue weighted by molar-refractivity contribution is -0.122. The average molecular weight is 542 g/mol. The highest BCUT2D eigenvalue weighted by Gasteiger charge is 2.43. The van der Waals surface area contributed by atoms with Crippen LogP contribution in [0.2, 0.25) is 0 Å². The highest BCUT2D eigenvalue weighted by Crippen LogP contribution is 2.40. The molecule has 2 aliphatic rings. The average Bonchev–Trinajstić information content (AvgIpc) is 3.61. The molecule has 1 unspecified atom stereocenters. The monoisotopic (exact) mass is 541 g/mol. The lowest BCUT2D eigenvalue weighted by Gasteiger charge is -2.41. The van der Waals surface area contributed by atoms with Gasteiger partial charge in [0.2, 0.25) is 0 Å². The first-order valence-electron chi connectivity index (χ1n) is 11.7. The first-order valence-corrected chi connectivity index (χ1v) is 12.1. The van der Waals surface area contributed by atoms with E-state index in [0.717, 1.165) is 6.20 Å². The molecule has 0 bridgehead atoms. The Morgan fingerprint density at radius 1 is 1.16 bits per heavy atom. The summed E-state index contributed by atoms with van der Waals surface area (Å²) in [5.74, 6) is -2.45. The molecule has 38 heavy (non-hydrogen) atoms. The van der Waals surface area contributed by atoms with E-state index in [4.69, 9.17) is 16.3 Å². The van der Waals surface area contributed by atoms with Crippen molar-refractivity contribution in [2.75, 3.05) is 0 Å². The van der Waals surface area contributed by atoms with Crippen LogP contribution in [0.3, 0.4) is 0 Å². The van der Waals surface area contributed by atoms with Crippen molar-refractivity contribution in [3.63, 3.8) is 0 Å². The van der Waals surface area contributed by atoms with Gasteiger partial charge in [0.25, 0.3) is 0 Å². The fourth-order valence-corrected chi connectivity index (χ4v) is 4.31. The van der Waals surface area contributed by atoms with E-state index >= 15 is 0 Å². The van der Waals surface area contributed by atoms with Gasteiger partial charge in [-0.15, -0.1) is 0 Å². The van der Waals surface area contributed by atoms with Gasteiger partial charge in [-0.3, -0.25) is 9.97 Å². The van der Waals surface area contributed by atoms with Crippen LogP contribution in [0.1, 0.15) is 36.8 Å². The summed E-state index contributed by atoms with van der Waals surface area (Å²) in [7, 11) is 0. The minimum absolute atomic E-state index is 0.0431. The van der Waals surface area contributed by atoms with Crippen molar-refractivity contribution in [3.05, 3.63) is 93.3 Å². The topological polar surface area (TPSA) is 121 Å². The second kappa shape index (κ2) is 9.59. The van der Waals surface area contributed by atoms with Crippen LogP contribution in [0.15, 0.2) is 59.4 Å². The number of halogens is 3. The number of amides is 1. The predicted octanol–water partition coefficient (Wildman–Crippen LogP) is 4.50. The largest absolute Gasteiger partial charge is 0.614 e. The second-order valence-electron chi connectivity index (χ2n) is 9.36. The van der Waals surface area contributed by atoms with Crippen LogP contribution in [-0.4, -0.2) is 36.6 Å². The highest BCUT2D eigenvalue weighted by atomic mass is 35.5. The Kier molecular flexibility index (Phi) is 6.56. The number of pyridine rings is 2. The lowest BCUT2D eigenvalue weighted by Crippen LogP contribution is -2.49. The summed E-state index contributed by atoms with van der Waals surface area (Å²) in [6, 6.07) is 3.76. The van der Waals surface area contributed by atoms with Crippen molar-refractivity contribution in [1.29, 1.82) is 0 Å². The van der Waals surface area contributed by atoms with Crippen LogP contribution >= 0.6 is 11.6 Å². The lowest BCUT2D eigenvalue weighted by atomic mass is 10.1. The van der Waals surface area contributed by atoms with Crippen molar-refractivity contribution in [2.45, 2.75) is 45.3 Å². The number of allylic oxidation sites excluding steroid dienone is 2. The van der Waals surface area contributed by atoms with Crippen LogP contribution in [-0.2, 0) is 22.6 Å². The van der Waals surface area contributed by atoms with Crippen LogP contribution in [0, 0.1) is 23.8 Å². The minimum atomic E-state index is -1.52. The molecular formula is C26H22ClF2N5O4. The van der Waals surface area contributed by atoms with Gasteiger partial charge in [0.15, 0.2) is 22.3 Å². The first kappa shape index (κ1) is 26.0. The number of aryl methyl sites for hydroxylation is 1. The molecule has 9 nitrogen and oxygen atoms in total. The fraction of sp³-hybridized carbons (Fsp3) is 0.269. The Morgan fingerprint density at radius 2 is 1.92 bits per heavy atom. The van der Waals surface area contributed by atoms with E-state index in [1.165, 1.54) is 25.3 Å². The number of nitrogens with zero attached hydrogens (tertiary/aromatic N) is 5. The standard InChI is InChI=1S/C26H22ClF2N5O4/c1-14-11-31-19(18-3-6-30-23(33-18)10-26(36)4-5-26)9-21(14)34(37)15(2)7-22(24(27)25(34)35)38-13-20-17(29)8-16(28)12-32-20/h3,6-9,11-12,36H,4-5,10,13H2,1-2H3. The number of rotatable bonds is 7. The number of quaternary nitrogens is 1. The number of ether oxygens (including phenoxy) is 1. The van der Waals surface area contributed by atoms with Crippen molar-refractivity contribution in [1.82, 2.24) is 24.6 Å². The number of aromatic nitrogens is 4. The van der Waals surface area contributed by atoms with Gasteiger partial charge in [-0.25, -0.2) is 28.2 Å². The maximum atomic E-state index is 14.1. The molecule has 12 heteroatoms. The molecule has 196 valence electrons. The van der Waals surface area contributed by atoms with E-state index in [0.29, 0.717) is 48.1 Å². The van der Waals surface area contributed by atoms with E-state index in [2.05, 4.69) is 19.9 Å². The summed E-state index contributed by atoms with van der Waals surface area (Å²) >= 11 is 6.27. The van der Waals surface area contributed by atoms with Gasteiger partial charge in [-0.2, -0.15) is 0 Å². The summed E-state index contributed by atoms with van der Waals surface area (Å²) in [6.45, 7) is 2.66. The predicted molar refractivity (Wildman–Crippen MR) is 134 cm³/mol. The minimum Gasteiger partial charge on any atom is -0.614 e. The van der Waals surface area contributed by atoms with Gasteiger partial charge in [-0.05, 0) is 25.8 Å². The Hall–Kier alpha value is -3.64. The van der Waals surface area contributed by atoms with Crippen LogP contribution < -0.4 is 4.65 Å². The third-order valence-electron chi connectivity index (χ3n) is 6.47. The molecule has 0 spiro atoms.